The highest BCUT2D eigenvalue weighted by Crippen LogP contribution is 2.34. The molecule has 1 aliphatic heterocycles. The molecular weight excluding hydrogens is 258 g/mol. The summed E-state index contributed by atoms with van der Waals surface area (Å²) in [7, 11) is 1.73. The van der Waals surface area contributed by atoms with Gasteiger partial charge in [-0.3, -0.25) is 10.1 Å². The first-order valence-electron chi connectivity index (χ1n) is 6.28. The van der Waals surface area contributed by atoms with E-state index in [-0.39, 0.29) is 5.69 Å². The molecule has 2 heterocycles. The fourth-order valence-corrected chi connectivity index (χ4v) is 2.28. The second-order valence-corrected chi connectivity index (χ2v) is 4.49. The van der Waals surface area contributed by atoms with Crippen molar-refractivity contribution < 1.29 is 9.66 Å². The highest BCUT2D eigenvalue weighted by molar-refractivity contribution is 5.72. The van der Waals surface area contributed by atoms with Crippen molar-refractivity contribution in [3.8, 4) is 17.0 Å². The van der Waals surface area contributed by atoms with Gasteiger partial charge < -0.3 is 10.1 Å². The van der Waals surface area contributed by atoms with E-state index in [2.05, 4.69) is 10.3 Å². The number of rotatable bonds is 3. The Morgan fingerprint density at radius 3 is 2.95 bits per heavy atom. The Bertz CT molecular complexity index is 685. The van der Waals surface area contributed by atoms with Crippen molar-refractivity contribution in [2.45, 2.75) is 6.42 Å². The van der Waals surface area contributed by atoms with Crippen molar-refractivity contribution in [1.82, 2.24) is 4.98 Å². The molecule has 1 aromatic heterocycles. The first-order valence-corrected chi connectivity index (χ1v) is 6.28. The number of nitrogens with zero attached hydrogens (tertiary/aromatic N) is 2. The number of benzene rings is 1. The number of aromatic nitrogens is 1. The van der Waals surface area contributed by atoms with Crippen LogP contribution in [0, 0.1) is 10.1 Å². The van der Waals surface area contributed by atoms with Crippen molar-refractivity contribution in [1.29, 1.82) is 0 Å². The van der Waals surface area contributed by atoms with Gasteiger partial charge in [-0.2, -0.15) is 0 Å². The predicted octanol–water partition coefficient (Wildman–Crippen LogP) is 2.63. The van der Waals surface area contributed by atoms with Gasteiger partial charge in [0.25, 0.3) is 5.69 Å². The first-order chi connectivity index (χ1) is 9.69. The molecule has 0 saturated carbocycles. The van der Waals surface area contributed by atoms with Crippen LogP contribution in [0.3, 0.4) is 0 Å². The molecule has 0 unspecified atom stereocenters. The van der Waals surface area contributed by atoms with Gasteiger partial charge in [-0.1, -0.05) is 0 Å². The van der Waals surface area contributed by atoms with Gasteiger partial charge in [-0.25, -0.2) is 4.98 Å². The average molecular weight is 271 g/mol. The van der Waals surface area contributed by atoms with Crippen molar-refractivity contribution in [3.63, 3.8) is 0 Å². The molecular formula is C14H13N3O3. The van der Waals surface area contributed by atoms with Gasteiger partial charge in [0.1, 0.15) is 11.6 Å². The maximum atomic E-state index is 11.1. The van der Waals surface area contributed by atoms with Crippen LogP contribution in [0.1, 0.15) is 5.56 Å². The second-order valence-electron chi connectivity index (χ2n) is 4.49. The fourth-order valence-electron chi connectivity index (χ4n) is 2.28. The zero-order valence-electron chi connectivity index (χ0n) is 10.9. The van der Waals surface area contributed by atoms with Crippen molar-refractivity contribution in [2.24, 2.45) is 0 Å². The number of hydrogen-bond acceptors (Lipinski definition) is 5. The topological polar surface area (TPSA) is 77.3 Å². The Hall–Kier alpha value is -2.63. The van der Waals surface area contributed by atoms with E-state index in [0.717, 1.165) is 23.3 Å². The Labute approximate surface area is 115 Å². The Morgan fingerprint density at radius 1 is 1.35 bits per heavy atom. The number of fused-ring (bicyclic) bond motifs is 1. The highest BCUT2D eigenvalue weighted by Gasteiger charge is 2.20. The van der Waals surface area contributed by atoms with Gasteiger partial charge in [0.15, 0.2) is 5.69 Å². The van der Waals surface area contributed by atoms with Crippen LogP contribution in [0.25, 0.3) is 11.3 Å². The van der Waals surface area contributed by atoms with E-state index in [1.807, 2.05) is 12.1 Å². The van der Waals surface area contributed by atoms with E-state index in [0.29, 0.717) is 18.1 Å². The Morgan fingerprint density at radius 2 is 2.20 bits per heavy atom. The third-order valence-corrected chi connectivity index (χ3v) is 3.29. The minimum atomic E-state index is -0.411. The van der Waals surface area contributed by atoms with Crippen LogP contribution < -0.4 is 10.1 Å². The average Bonchev–Trinajstić information content (AvgIpc) is 2.93. The summed E-state index contributed by atoms with van der Waals surface area (Å²) in [4.78, 5) is 15.1. The molecule has 0 aliphatic carbocycles. The third-order valence-electron chi connectivity index (χ3n) is 3.29. The predicted molar refractivity (Wildman–Crippen MR) is 75.1 cm³/mol. The van der Waals surface area contributed by atoms with Gasteiger partial charge in [-0.15, -0.1) is 0 Å². The molecule has 3 rings (SSSR count). The van der Waals surface area contributed by atoms with Crippen LogP contribution in [-0.4, -0.2) is 23.6 Å². The zero-order valence-corrected chi connectivity index (χ0v) is 10.9. The molecule has 0 atom stereocenters. The van der Waals surface area contributed by atoms with Gasteiger partial charge in [0, 0.05) is 25.1 Å². The first kappa shape index (κ1) is 12.4. The van der Waals surface area contributed by atoms with Crippen LogP contribution in [0.15, 0.2) is 30.3 Å². The summed E-state index contributed by atoms with van der Waals surface area (Å²) in [5.74, 6) is 1.45. The lowest BCUT2D eigenvalue weighted by Gasteiger charge is -2.07. The zero-order chi connectivity index (χ0) is 14.1. The van der Waals surface area contributed by atoms with Gasteiger partial charge in [-0.05, 0) is 29.8 Å². The van der Waals surface area contributed by atoms with Gasteiger partial charge in [0.2, 0.25) is 0 Å². The summed E-state index contributed by atoms with van der Waals surface area (Å²) in [6.45, 7) is 0.658. The minimum Gasteiger partial charge on any atom is -0.493 e. The summed E-state index contributed by atoms with van der Waals surface area (Å²) < 4.78 is 5.45. The van der Waals surface area contributed by atoms with E-state index in [1.165, 1.54) is 6.07 Å². The smallest absolute Gasteiger partial charge is 0.295 e. The van der Waals surface area contributed by atoms with Crippen LogP contribution in [0.2, 0.25) is 0 Å². The molecule has 6 heteroatoms. The summed E-state index contributed by atoms with van der Waals surface area (Å²) in [6.07, 6.45) is 0.822. The van der Waals surface area contributed by atoms with E-state index >= 15 is 0 Å². The summed E-state index contributed by atoms with van der Waals surface area (Å²) in [5.41, 5.74) is 2.17. The molecule has 0 fully saturated rings. The number of ether oxygens (including phenoxy) is 1. The number of anilines is 1. The van der Waals surface area contributed by atoms with E-state index in [9.17, 15) is 10.1 Å². The third kappa shape index (κ3) is 2.05. The SMILES string of the molecule is CNc1ccc([N+](=O)[O-])c(-c2ccc3c(c2)CCO3)n1. The fraction of sp³-hybridized carbons (Fsp3) is 0.214. The standard InChI is InChI=1S/C14H13N3O3/c1-15-13-5-3-11(17(18)19)14(16-13)10-2-4-12-9(8-10)6-7-20-12/h2-5,8H,6-7H2,1H3,(H,15,16). The molecule has 0 saturated heterocycles. The minimum absolute atomic E-state index is 0.00265. The molecule has 1 aromatic carbocycles. The number of pyridine rings is 1. The van der Waals surface area contributed by atoms with Crippen LogP contribution >= 0.6 is 0 Å². The number of nitro groups is 1. The summed E-state index contributed by atoms with van der Waals surface area (Å²) in [5, 5.41) is 14.0. The van der Waals surface area contributed by atoms with Crippen LogP contribution in [0.4, 0.5) is 11.5 Å². The summed E-state index contributed by atoms with van der Waals surface area (Å²) >= 11 is 0. The molecule has 6 nitrogen and oxygen atoms in total. The molecule has 1 N–H and O–H groups in total. The quantitative estimate of drug-likeness (QED) is 0.686. The molecule has 20 heavy (non-hydrogen) atoms. The molecule has 0 spiro atoms. The summed E-state index contributed by atoms with van der Waals surface area (Å²) in [6, 6.07) is 8.63. The highest BCUT2D eigenvalue weighted by atomic mass is 16.6. The number of nitrogens with one attached hydrogen (secondary N) is 1. The van der Waals surface area contributed by atoms with E-state index in [1.54, 1.807) is 19.2 Å². The van der Waals surface area contributed by atoms with E-state index < -0.39 is 4.92 Å². The second kappa shape index (κ2) is 4.80. The van der Waals surface area contributed by atoms with E-state index in [4.69, 9.17) is 4.74 Å². The maximum Gasteiger partial charge on any atom is 0.295 e. The molecule has 102 valence electrons. The van der Waals surface area contributed by atoms with Gasteiger partial charge in [0.05, 0.1) is 11.5 Å². The molecule has 0 amide bonds. The lowest BCUT2D eigenvalue weighted by atomic mass is 10.0. The molecule has 1 aliphatic rings. The number of hydrogen-bond donors (Lipinski definition) is 1. The maximum absolute atomic E-state index is 11.1. The normalized spacial score (nSPS) is 12.7. The molecule has 0 radical (unpaired) electrons. The van der Waals surface area contributed by atoms with Gasteiger partial charge >= 0.3 is 0 Å². The van der Waals surface area contributed by atoms with Crippen LogP contribution in [-0.2, 0) is 6.42 Å². The van der Waals surface area contributed by atoms with Crippen molar-refractivity contribution in [3.05, 3.63) is 46.0 Å². The molecule has 0 bridgehead atoms. The van der Waals surface area contributed by atoms with Crippen molar-refractivity contribution >= 4 is 11.5 Å². The van der Waals surface area contributed by atoms with Crippen molar-refractivity contribution in [2.75, 3.05) is 19.0 Å². The molecule has 2 aromatic rings. The monoisotopic (exact) mass is 271 g/mol. The Kier molecular flexibility index (Phi) is 2.98. The largest absolute Gasteiger partial charge is 0.493 e. The lowest BCUT2D eigenvalue weighted by Crippen LogP contribution is -1.99. The Balaban J connectivity index is 2.14. The lowest BCUT2D eigenvalue weighted by molar-refractivity contribution is -0.384. The van der Waals surface area contributed by atoms with Crippen LogP contribution in [0.5, 0.6) is 5.75 Å².